The van der Waals surface area contributed by atoms with E-state index in [1.807, 2.05) is 34.0 Å². The fraction of sp³-hybridized carbons (Fsp3) is 0.615. The lowest BCUT2D eigenvalue weighted by Crippen LogP contribution is -2.21. The molecule has 0 amide bonds. The van der Waals surface area contributed by atoms with Gasteiger partial charge in [0.2, 0.25) is 0 Å². The maximum Gasteiger partial charge on any atom is 0.305 e. The highest BCUT2D eigenvalue weighted by atomic mass is 16.4. The average Bonchev–Trinajstić information content (AvgIpc) is 3.00. The number of carboxylic acids is 1. The van der Waals surface area contributed by atoms with Crippen molar-refractivity contribution in [3.63, 3.8) is 0 Å². The quantitative estimate of drug-likeness (QED) is 0.861. The number of nitrogens with zero attached hydrogens (tertiary/aromatic N) is 6. The number of carbonyl (C=O) groups is 1. The molecule has 2 heterocycles. The fourth-order valence-electron chi connectivity index (χ4n) is 2.36. The third-order valence-corrected chi connectivity index (χ3v) is 3.44. The molecule has 0 radical (unpaired) electrons. The molecule has 0 aliphatic heterocycles. The van der Waals surface area contributed by atoms with Crippen LogP contribution in [0, 0.1) is 5.92 Å². The minimum Gasteiger partial charge on any atom is -0.481 e. The fourth-order valence-corrected chi connectivity index (χ4v) is 2.36. The van der Waals surface area contributed by atoms with E-state index in [2.05, 4.69) is 20.6 Å². The first-order valence-electron chi connectivity index (χ1n) is 6.96. The Balaban J connectivity index is 2.47. The van der Waals surface area contributed by atoms with Gasteiger partial charge in [0, 0.05) is 13.2 Å². The summed E-state index contributed by atoms with van der Waals surface area (Å²) in [5.41, 5.74) is 1.74. The van der Waals surface area contributed by atoms with Gasteiger partial charge >= 0.3 is 5.97 Å². The zero-order chi connectivity index (χ0) is 15.6. The molecule has 0 saturated heterocycles. The van der Waals surface area contributed by atoms with Crippen LogP contribution >= 0.6 is 0 Å². The molecule has 0 aliphatic rings. The monoisotopic (exact) mass is 292 g/mol. The number of aryl methyl sites for hydroxylation is 2. The molecule has 1 unspecified atom stereocenters. The molecule has 8 nitrogen and oxygen atoms in total. The van der Waals surface area contributed by atoms with E-state index in [1.54, 1.807) is 9.36 Å². The molecule has 0 spiro atoms. The molecular formula is C13H20N6O2. The zero-order valence-electron chi connectivity index (χ0n) is 12.7. The van der Waals surface area contributed by atoms with Gasteiger partial charge in [-0.1, -0.05) is 20.8 Å². The van der Waals surface area contributed by atoms with Crippen LogP contribution in [-0.2, 0) is 18.3 Å². The number of tetrazole rings is 1. The minimum absolute atomic E-state index is 0.0164. The van der Waals surface area contributed by atoms with Crippen molar-refractivity contribution in [1.82, 2.24) is 30.0 Å². The first-order chi connectivity index (χ1) is 9.93. The van der Waals surface area contributed by atoms with Crippen LogP contribution in [0.2, 0.25) is 0 Å². The molecule has 2 rings (SSSR count). The Morgan fingerprint density at radius 1 is 1.43 bits per heavy atom. The lowest BCUT2D eigenvalue weighted by atomic mass is 10.0. The summed E-state index contributed by atoms with van der Waals surface area (Å²) in [5, 5.41) is 25.3. The van der Waals surface area contributed by atoms with Gasteiger partial charge in [-0.3, -0.25) is 9.48 Å². The van der Waals surface area contributed by atoms with Gasteiger partial charge < -0.3 is 5.11 Å². The summed E-state index contributed by atoms with van der Waals surface area (Å²) in [6.45, 7) is 5.93. The molecular weight excluding hydrogens is 272 g/mol. The molecule has 1 N–H and O–H groups in total. The van der Waals surface area contributed by atoms with Crippen LogP contribution in [0.4, 0.5) is 0 Å². The average molecular weight is 292 g/mol. The lowest BCUT2D eigenvalue weighted by Gasteiger charge is -2.19. The third kappa shape index (κ3) is 3.09. The summed E-state index contributed by atoms with van der Waals surface area (Å²) in [6, 6.07) is -0.294. The Kier molecular flexibility index (Phi) is 4.35. The topological polar surface area (TPSA) is 98.7 Å². The highest BCUT2D eigenvalue weighted by Crippen LogP contribution is 2.28. The zero-order valence-corrected chi connectivity index (χ0v) is 12.7. The van der Waals surface area contributed by atoms with Gasteiger partial charge in [0.05, 0.1) is 23.7 Å². The first kappa shape index (κ1) is 15.1. The second kappa shape index (κ2) is 6.02. The van der Waals surface area contributed by atoms with Crippen LogP contribution in [0.25, 0.3) is 11.4 Å². The molecule has 114 valence electrons. The lowest BCUT2D eigenvalue weighted by molar-refractivity contribution is -0.138. The third-order valence-electron chi connectivity index (χ3n) is 3.44. The number of aliphatic carboxylic acids is 1. The number of hydrogen-bond acceptors (Lipinski definition) is 5. The highest BCUT2D eigenvalue weighted by molar-refractivity contribution is 5.67. The van der Waals surface area contributed by atoms with Gasteiger partial charge in [-0.2, -0.15) is 5.10 Å². The highest BCUT2D eigenvalue weighted by Gasteiger charge is 2.25. The summed E-state index contributed by atoms with van der Waals surface area (Å²) in [7, 11) is 1.84. The van der Waals surface area contributed by atoms with Crippen molar-refractivity contribution in [2.75, 3.05) is 0 Å². The Hall–Kier alpha value is -2.25. The molecule has 0 bridgehead atoms. The Bertz CT molecular complexity index is 630. The van der Waals surface area contributed by atoms with E-state index in [-0.39, 0.29) is 18.4 Å². The predicted molar refractivity (Wildman–Crippen MR) is 75.5 cm³/mol. The van der Waals surface area contributed by atoms with Crippen LogP contribution in [0.1, 0.15) is 38.9 Å². The maximum atomic E-state index is 11.1. The van der Waals surface area contributed by atoms with Crippen LogP contribution < -0.4 is 0 Å². The second-order valence-electron chi connectivity index (χ2n) is 5.37. The van der Waals surface area contributed by atoms with Crippen LogP contribution in [-0.4, -0.2) is 41.1 Å². The molecule has 1 atom stereocenters. The Morgan fingerprint density at radius 2 is 2.14 bits per heavy atom. The van der Waals surface area contributed by atoms with Crippen LogP contribution in [0.3, 0.4) is 0 Å². The summed E-state index contributed by atoms with van der Waals surface area (Å²) in [5.74, 6) is -0.193. The number of hydrogen-bond donors (Lipinski definition) is 1. The van der Waals surface area contributed by atoms with E-state index in [1.165, 1.54) is 0 Å². The second-order valence-corrected chi connectivity index (χ2v) is 5.37. The van der Waals surface area contributed by atoms with E-state index >= 15 is 0 Å². The molecule has 21 heavy (non-hydrogen) atoms. The smallest absolute Gasteiger partial charge is 0.305 e. The van der Waals surface area contributed by atoms with Crippen molar-refractivity contribution < 1.29 is 9.90 Å². The standard InChI is InChI=1S/C13H20N6O2/c1-5-10-9(7-18(4)15-10)13-14-16-17-19(13)11(8(2)3)6-12(20)21/h7-8,11H,5-6H2,1-4H3,(H,20,21). The predicted octanol–water partition coefficient (Wildman–Crippen LogP) is 1.31. The summed E-state index contributed by atoms with van der Waals surface area (Å²) >= 11 is 0. The molecule has 0 aromatic carbocycles. The van der Waals surface area contributed by atoms with Gasteiger partial charge in [-0.25, -0.2) is 4.68 Å². The first-order valence-corrected chi connectivity index (χ1v) is 6.96. The number of carboxylic acid groups (broad SMARTS) is 1. The SMILES string of the molecule is CCc1nn(C)cc1-c1nnnn1C(CC(=O)O)C(C)C. The molecule has 2 aromatic rings. The van der Waals surface area contributed by atoms with E-state index in [0.717, 1.165) is 17.7 Å². The van der Waals surface area contributed by atoms with Gasteiger partial charge in [0.15, 0.2) is 5.82 Å². The van der Waals surface area contributed by atoms with Crippen LogP contribution in [0.15, 0.2) is 6.20 Å². The van der Waals surface area contributed by atoms with Gasteiger partial charge in [0.1, 0.15) is 0 Å². The van der Waals surface area contributed by atoms with E-state index in [0.29, 0.717) is 5.82 Å². The largest absolute Gasteiger partial charge is 0.481 e. The van der Waals surface area contributed by atoms with Gasteiger partial charge in [-0.15, -0.1) is 5.10 Å². The molecule has 8 heteroatoms. The van der Waals surface area contributed by atoms with E-state index in [9.17, 15) is 4.79 Å². The van der Waals surface area contributed by atoms with Crippen molar-refractivity contribution in [3.05, 3.63) is 11.9 Å². The number of rotatable bonds is 6. The molecule has 0 fully saturated rings. The summed E-state index contributed by atoms with van der Waals surface area (Å²) in [6.07, 6.45) is 2.60. The van der Waals surface area contributed by atoms with Crippen molar-refractivity contribution >= 4 is 5.97 Å². The van der Waals surface area contributed by atoms with Gasteiger partial charge in [-0.05, 0) is 22.8 Å². The van der Waals surface area contributed by atoms with Crippen LogP contribution in [0.5, 0.6) is 0 Å². The molecule has 0 aliphatic carbocycles. The van der Waals surface area contributed by atoms with Gasteiger partial charge in [0.25, 0.3) is 0 Å². The van der Waals surface area contributed by atoms with Crippen molar-refractivity contribution in [2.24, 2.45) is 13.0 Å². The molecule has 0 saturated carbocycles. The number of aromatic nitrogens is 6. The Morgan fingerprint density at radius 3 is 2.71 bits per heavy atom. The van der Waals surface area contributed by atoms with Crippen molar-refractivity contribution in [3.8, 4) is 11.4 Å². The van der Waals surface area contributed by atoms with E-state index in [4.69, 9.17) is 5.11 Å². The Labute approximate surface area is 122 Å². The summed E-state index contributed by atoms with van der Waals surface area (Å²) < 4.78 is 3.32. The summed E-state index contributed by atoms with van der Waals surface area (Å²) in [4.78, 5) is 11.1. The van der Waals surface area contributed by atoms with E-state index < -0.39 is 5.97 Å². The maximum absolute atomic E-state index is 11.1. The molecule has 2 aromatic heterocycles. The normalized spacial score (nSPS) is 12.8. The minimum atomic E-state index is -0.864. The van der Waals surface area contributed by atoms with Crippen molar-refractivity contribution in [1.29, 1.82) is 0 Å². The van der Waals surface area contributed by atoms with Crippen molar-refractivity contribution in [2.45, 2.75) is 39.7 Å².